The molecule has 2 aromatic rings. The molecule has 0 amide bonds. The maximum Gasteiger partial charge on any atom is 0.349 e. The van der Waals surface area contributed by atoms with Gasteiger partial charge in [0.25, 0.3) is 5.88 Å². The summed E-state index contributed by atoms with van der Waals surface area (Å²) in [7, 11) is -3.40. The van der Waals surface area contributed by atoms with Gasteiger partial charge in [0.2, 0.25) is 5.95 Å². The molecular weight excluding hydrogens is 302 g/mol. The van der Waals surface area contributed by atoms with Crippen LogP contribution in [0.15, 0.2) is 29.6 Å². The Kier molecular flexibility index (Phi) is 3.67. The SMILES string of the molecule is CS(=O)(=O)c1ccc(Nc2ncc([N+](=O)[O-])c(O)n2)cn1. The molecule has 2 heterocycles. The Hall–Kier alpha value is -2.82. The second-order valence-corrected chi connectivity index (χ2v) is 5.90. The average molecular weight is 311 g/mol. The van der Waals surface area contributed by atoms with Crippen molar-refractivity contribution in [3.63, 3.8) is 0 Å². The highest BCUT2D eigenvalue weighted by Gasteiger charge is 2.16. The summed E-state index contributed by atoms with van der Waals surface area (Å²) in [6.07, 6.45) is 3.11. The number of hydrogen-bond donors (Lipinski definition) is 2. The summed E-state index contributed by atoms with van der Waals surface area (Å²) in [5.74, 6) is -0.870. The molecule has 0 unspecified atom stereocenters. The highest BCUT2D eigenvalue weighted by Crippen LogP contribution is 2.23. The molecule has 0 aromatic carbocycles. The first kappa shape index (κ1) is 14.6. The lowest BCUT2D eigenvalue weighted by atomic mass is 10.4. The molecule has 0 atom stereocenters. The number of nitrogens with one attached hydrogen (secondary N) is 1. The zero-order valence-corrected chi connectivity index (χ0v) is 11.4. The number of aromatic nitrogens is 3. The molecule has 0 radical (unpaired) electrons. The first-order valence-electron chi connectivity index (χ1n) is 5.41. The first-order valence-corrected chi connectivity index (χ1v) is 7.30. The van der Waals surface area contributed by atoms with Crippen LogP contribution in [0.2, 0.25) is 0 Å². The van der Waals surface area contributed by atoms with E-state index in [4.69, 9.17) is 0 Å². The van der Waals surface area contributed by atoms with E-state index < -0.39 is 26.3 Å². The molecule has 0 bridgehead atoms. The molecule has 0 saturated carbocycles. The van der Waals surface area contributed by atoms with E-state index in [9.17, 15) is 23.6 Å². The van der Waals surface area contributed by atoms with Crippen molar-refractivity contribution in [2.24, 2.45) is 0 Å². The molecule has 2 aromatic heterocycles. The molecule has 0 aliphatic heterocycles. The minimum Gasteiger partial charge on any atom is -0.488 e. The number of sulfone groups is 1. The molecule has 0 fully saturated rings. The maximum absolute atomic E-state index is 11.2. The predicted octanol–water partition coefficient (Wildman–Crippen LogP) is 0.632. The summed E-state index contributed by atoms with van der Waals surface area (Å²) in [6.45, 7) is 0. The largest absolute Gasteiger partial charge is 0.488 e. The van der Waals surface area contributed by atoms with Crippen LogP contribution in [-0.2, 0) is 9.84 Å². The van der Waals surface area contributed by atoms with Crippen LogP contribution >= 0.6 is 0 Å². The summed E-state index contributed by atoms with van der Waals surface area (Å²) in [6, 6.07) is 2.70. The van der Waals surface area contributed by atoms with Crippen LogP contribution < -0.4 is 5.32 Å². The van der Waals surface area contributed by atoms with E-state index in [1.54, 1.807) is 0 Å². The Morgan fingerprint density at radius 2 is 2.00 bits per heavy atom. The van der Waals surface area contributed by atoms with Crippen LogP contribution in [0.25, 0.3) is 0 Å². The lowest BCUT2D eigenvalue weighted by Gasteiger charge is -2.05. The fraction of sp³-hybridized carbons (Fsp3) is 0.100. The highest BCUT2D eigenvalue weighted by molar-refractivity contribution is 7.90. The third kappa shape index (κ3) is 3.39. The molecule has 0 aliphatic carbocycles. The van der Waals surface area contributed by atoms with Crippen LogP contribution in [0.5, 0.6) is 5.88 Å². The molecule has 10 nitrogen and oxygen atoms in total. The standard InChI is InChI=1S/C10H9N5O5S/c1-21(19,20)8-3-2-6(4-11-8)13-10-12-5-7(15(17)18)9(16)14-10/h2-5H,1H3,(H2,12,13,14,16). The lowest BCUT2D eigenvalue weighted by Crippen LogP contribution is -2.02. The van der Waals surface area contributed by atoms with Gasteiger partial charge in [-0.15, -0.1) is 0 Å². The van der Waals surface area contributed by atoms with E-state index in [0.717, 1.165) is 12.5 Å². The maximum atomic E-state index is 11.2. The number of anilines is 2. The summed E-state index contributed by atoms with van der Waals surface area (Å²) in [5.41, 5.74) is -0.262. The third-order valence-corrected chi connectivity index (χ3v) is 3.32. The van der Waals surface area contributed by atoms with E-state index in [-0.39, 0.29) is 11.0 Å². The van der Waals surface area contributed by atoms with Gasteiger partial charge in [-0.2, -0.15) is 4.98 Å². The third-order valence-electron chi connectivity index (χ3n) is 2.32. The van der Waals surface area contributed by atoms with Gasteiger partial charge < -0.3 is 10.4 Å². The smallest absolute Gasteiger partial charge is 0.349 e. The van der Waals surface area contributed by atoms with E-state index in [2.05, 4.69) is 20.3 Å². The number of aromatic hydroxyl groups is 1. The molecule has 2 N–H and O–H groups in total. The minimum absolute atomic E-state index is 0.0907. The van der Waals surface area contributed by atoms with Gasteiger partial charge in [-0.25, -0.2) is 18.4 Å². The number of pyridine rings is 1. The fourth-order valence-electron chi connectivity index (χ4n) is 1.36. The Bertz CT molecular complexity index is 790. The molecule has 21 heavy (non-hydrogen) atoms. The van der Waals surface area contributed by atoms with Gasteiger partial charge >= 0.3 is 5.69 Å². The Morgan fingerprint density at radius 3 is 2.48 bits per heavy atom. The molecule has 110 valence electrons. The molecular formula is C10H9N5O5S. The van der Waals surface area contributed by atoms with Gasteiger partial charge in [0.1, 0.15) is 6.20 Å². The number of nitro groups is 1. The van der Waals surface area contributed by atoms with Crippen LogP contribution in [0.3, 0.4) is 0 Å². The van der Waals surface area contributed by atoms with Gasteiger partial charge in [-0.1, -0.05) is 0 Å². The Labute approximate surface area is 118 Å². The van der Waals surface area contributed by atoms with Crippen molar-refractivity contribution in [1.29, 1.82) is 0 Å². The second kappa shape index (κ2) is 5.28. The number of rotatable bonds is 4. The Balaban J connectivity index is 2.23. The number of nitrogens with zero attached hydrogens (tertiary/aromatic N) is 4. The van der Waals surface area contributed by atoms with E-state index in [0.29, 0.717) is 5.69 Å². The van der Waals surface area contributed by atoms with E-state index in [1.807, 2.05) is 0 Å². The van der Waals surface area contributed by atoms with Gasteiger partial charge in [-0.3, -0.25) is 10.1 Å². The van der Waals surface area contributed by atoms with Crippen molar-refractivity contribution in [3.05, 3.63) is 34.6 Å². The fourth-order valence-corrected chi connectivity index (χ4v) is 1.92. The van der Waals surface area contributed by atoms with Crippen molar-refractivity contribution in [1.82, 2.24) is 15.0 Å². The molecule has 2 rings (SSSR count). The zero-order chi connectivity index (χ0) is 15.6. The minimum atomic E-state index is -3.40. The normalized spacial score (nSPS) is 11.1. The summed E-state index contributed by atoms with van der Waals surface area (Å²) >= 11 is 0. The van der Waals surface area contributed by atoms with Crippen LogP contribution in [0, 0.1) is 10.1 Å². The first-order chi connectivity index (χ1) is 9.77. The molecule has 0 aliphatic rings. The molecule has 0 saturated heterocycles. The van der Waals surface area contributed by atoms with Gasteiger partial charge in [0.05, 0.1) is 16.8 Å². The van der Waals surface area contributed by atoms with Crippen LogP contribution in [-0.4, -0.2) is 39.7 Å². The monoisotopic (exact) mass is 311 g/mol. The second-order valence-electron chi connectivity index (χ2n) is 3.94. The summed E-state index contributed by atoms with van der Waals surface area (Å²) in [5, 5.41) is 22.4. The predicted molar refractivity (Wildman–Crippen MR) is 71.0 cm³/mol. The van der Waals surface area contributed by atoms with Gasteiger partial charge in [0, 0.05) is 6.26 Å². The summed E-state index contributed by atoms with van der Waals surface area (Å²) in [4.78, 5) is 20.6. The van der Waals surface area contributed by atoms with Crippen LogP contribution in [0.4, 0.5) is 17.3 Å². The summed E-state index contributed by atoms with van der Waals surface area (Å²) < 4.78 is 22.5. The molecule has 0 spiro atoms. The van der Waals surface area contributed by atoms with Crippen molar-refractivity contribution in [2.45, 2.75) is 5.03 Å². The topological polar surface area (TPSA) is 148 Å². The Morgan fingerprint density at radius 1 is 1.29 bits per heavy atom. The number of hydrogen-bond acceptors (Lipinski definition) is 9. The van der Waals surface area contributed by atoms with Gasteiger partial charge in [0.15, 0.2) is 14.9 Å². The van der Waals surface area contributed by atoms with Crippen molar-refractivity contribution in [3.8, 4) is 5.88 Å². The average Bonchev–Trinajstić information content (AvgIpc) is 2.38. The van der Waals surface area contributed by atoms with E-state index in [1.165, 1.54) is 18.3 Å². The van der Waals surface area contributed by atoms with Crippen molar-refractivity contribution in [2.75, 3.05) is 11.6 Å². The van der Waals surface area contributed by atoms with Crippen LogP contribution in [0.1, 0.15) is 0 Å². The van der Waals surface area contributed by atoms with E-state index >= 15 is 0 Å². The zero-order valence-electron chi connectivity index (χ0n) is 10.6. The quantitative estimate of drug-likeness (QED) is 0.612. The van der Waals surface area contributed by atoms with Crippen molar-refractivity contribution >= 4 is 27.2 Å². The highest BCUT2D eigenvalue weighted by atomic mass is 32.2. The lowest BCUT2D eigenvalue weighted by molar-refractivity contribution is -0.386. The van der Waals surface area contributed by atoms with Gasteiger partial charge in [-0.05, 0) is 12.1 Å². The van der Waals surface area contributed by atoms with Crippen molar-refractivity contribution < 1.29 is 18.4 Å². The molecule has 11 heteroatoms.